The van der Waals surface area contributed by atoms with Crippen LogP contribution in [0.3, 0.4) is 0 Å². The summed E-state index contributed by atoms with van der Waals surface area (Å²) in [5, 5.41) is 20.1. The zero-order chi connectivity index (χ0) is 16.3. The van der Waals surface area contributed by atoms with Gasteiger partial charge in [-0.05, 0) is 6.42 Å². The van der Waals surface area contributed by atoms with E-state index in [0.29, 0.717) is 6.42 Å². The number of aromatic nitrogens is 2. The molecule has 1 aliphatic heterocycles. The van der Waals surface area contributed by atoms with Gasteiger partial charge >= 0.3 is 5.69 Å². The summed E-state index contributed by atoms with van der Waals surface area (Å²) in [6, 6.07) is 0. The van der Waals surface area contributed by atoms with E-state index in [0.717, 1.165) is 36.4 Å². The zero-order valence-corrected chi connectivity index (χ0v) is 12.5. The first-order valence-electron chi connectivity index (χ1n) is 7.51. The summed E-state index contributed by atoms with van der Waals surface area (Å²) >= 11 is 0. The number of rotatable bonds is 6. The first-order chi connectivity index (χ1) is 10.5. The number of hydrogen-bond donors (Lipinski definition) is 3. The molecule has 8 heteroatoms. The second-order valence-corrected chi connectivity index (χ2v) is 5.56. The number of nitrogens with zero attached hydrogens (tertiary/aromatic N) is 2. The second-order valence-electron chi connectivity index (χ2n) is 5.56. The fourth-order valence-corrected chi connectivity index (χ4v) is 2.61. The molecule has 0 saturated carbocycles. The lowest BCUT2D eigenvalue weighted by molar-refractivity contribution is -0.0426. The number of aliphatic hydroxyl groups excluding tert-OH is 2. The van der Waals surface area contributed by atoms with Crippen LogP contribution in [0, 0.1) is 5.82 Å². The summed E-state index contributed by atoms with van der Waals surface area (Å²) in [5.74, 6) is -1.39. The van der Waals surface area contributed by atoms with Gasteiger partial charge < -0.3 is 20.7 Å². The maximum absolute atomic E-state index is 13.5. The van der Waals surface area contributed by atoms with Gasteiger partial charge in [0.1, 0.15) is 12.2 Å². The molecule has 22 heavy (non-hydrogen) atoms. The molecule has 1 aliphatic rings. The van der Waals surface area contributed by atoms with Gasteiger partial charge in [-0.25, -0.2) is 9.18 Å². The van der Waals surface area contributed by atoms with Crippen LogP contribution in [0.15, 0.2) is 11.0 Å². The molecule has 1 saturated heterocycles. The standard InChI is InChI=1S/C14H22FN3O4/c1-2-3-4-5-6-9-10(19)11(20)13(22-9)18-7-8(15)12(16)17-14(18)21/h7,9-11,13,19-20H,2-6H2,1H3,(H2,16,17,21)/t9-,10-,11-,13-/m1/s1. The van der Waals surface area contributed by atoms with Crippen molar-refractivity contribution in [3.05, 3.63) is 22.5 Å². The molecule has 0 amide bonds. The summed E-state index contributed by atoms with van der Waals surface area (Å²) in [6.45, 7) is 2.09. The molecule has 2 heterocycles. The first kappa shape index (κ1) is 16.9. The van der Waals surface area contributed by atoms with Crippen molar-refractivity contribution >= 4 is 5.82 Å². The van der Waals surface area contributed by atoms with Crippen molar-refractivity contribution in [2.75, 3.05) is 5.73 Å². The molecule has 7 nitrogen and oxygen atoms in total. The molecule has 4 N–H and O–H groups in total. The number of aliphatic hydroxyl groups is 2. The molecule has 0 unspecified atom stereocenters. The molecule has 1 aromatic rings. The lowest BCUT2D eigenvalue weighted by atomic mass is 10.0. The lowest BCUT2D eigenvalue weighted by Gasteiger charge is -2.17. The highest BCUT2D eigenvalue weighted by molar-refractivity contribution is 5.26. The van der Waals surface area contributed by atoms with Crippen LogP contribution in [0.1, 0.15) is 45.3 Å². The van der Waals surface area contributed by atoms with E-state index in [4.69, 9.17) is 10.5 Å². The van der Waals surface area contributed by atoms with Crippen LogP contribution in [0.2, 0.25) is 0 Å². The third-order valence-electron chi connectivity index (χ3n) is 3.89. The number of anilines is 1. The Morgan fingerprint density at radius 2 is 2.09 bits per heavy atom. The van der Waals surface area contributed by atoms with Crippen molar-refractivity contribution in [3.8, 4) is 0 Å². The fourth-order valence-electron chi connectivity index (χ4n) is 2.61. The number of halogens is 1. The van der Waals surface area contributed by atoms with Crippen LogP contribution in [0.4, 0.5) is 10.2 Å². The van der Waals surface area contributed by atoms with Crippen molar-refractivity contribution in [3.63, 3.8) is 0 Å². The van der Waals surface area contributed by atoms with E-state index in [-0.39, 0.29) is 0 Å². The average Bonchev–Trinajstić information content (AvgIpc) is 2.76. The van der Waals surface area contributed by atoms with E-state index in [2.05, 4.69) is 11.9 Å². The topological polar surface area (TPSA) is 111 Å². The second kappa shape index (κ2) is 7.17. The quantitative estimate of drug-likeness (QED) is 0.661. The largest absolute Gasteiger partial charge is 0.388 e. The Balaban J connectivity index is 2.10. The fraction of sp³-hybridized carbons (Fsp3) is 0.714. The molecular formula is C14H22FN3O4. The minimum Gasteiger partial charge on any atom is -0.388 e. The summed E-state index contributed by atoms with van der Waals surface area (Å²) in [6.07, 6.45) is 1.22. The van der Waals surface area contributed by atoms with Gasteiger partial charge in [0.15, 0.2) is 17.9 Å². The van der Waals surface area contributed by atoms with Crippen molar-refractivity contribution in [1.29, 1.82) is 0 Å². The molecular weight excluding hydrogens is 293 g/mol. The van der Waals surface area contributed by atoms with Gasteiger partial charge in [-0.3, -0.25) is 4.57 Å². The van der Waals surface area contributed by atoms with Gasteiger partial charge in [0, 0.05) is 0 Å². The van der Waals surface area contributed by atoms with E-state index < -0.39 is 41.9 Å². The summed E-state index contributed by atoms with van der Waals surface area (Å²) in [7, 11) is 0. The molecule has 1 aromatic heterocycles. The maximum Gasteiger partial charge on any atom is 0.351 e. The molecule has 124 valence electrons. The Labute approximate surface area is 127 Å². The third kappa shape index (κ3) is 3.45. The molecule has 0 bridgehead atoms. The van der Waals surface area contributed by atoms with Crippen molar-refractivity contribution in [1.82, 2.24) is 9.55 Å². The van der Waals surface area contributed by atoms with Gasteiger partial charge in [0.2, 0.25) is 0 Å². The van der Waals surface area contributed by atoms with E-state index >= 15 is 0 Å². The van der Waals surface area contributed by atoms with Crippen molar-refractivity contribution < 1.29 is 19.3 Å². The molecule has 1 fully saturated rings. The van der Waals surface area contributed by atoms with Crippen LogP contribution in [-0.4, -0.2) is 38.1 Å². The van der Waals surface area contributed by atoms with E-state index in [1.165, 1.54) is 0 Å². The molecule has 2 rings (SSSR count). The predicted molar refractivity (Wildman–Crippen MR) is 77.6 cm³/mol. The number of unbranched alkanes of at least 4 members (excludes halogenated alkanes) is 3. The first-order valence-corrected chi connectivity index (χ1v) is 7.51. The average molecular weight is 315 g/mol. The Kier molecular flexibility index (Phi) is 5.49. The van der Waals surface area contributed by atoms with Crippen LogP contribution >= 0.6 is 0 Å². The minimum atomic E-state index is -1.32. The minimum absolute atomic E-state index is 0.509. The smallest absolute Gasteiger partial charge is 0.351 e. The number of nitrogen functional groups attached to an aromatic ring is 1. The third-order valence-corrected chi connectivity index (χ3v) is 3.89. The lowest BCUT2D eigenvalue weighted by Crippen LogP contribution is -2.36. The molecule has 0 radical (unpaired) electrons. The molecule has 0 spiro atoms. The Morgan fingerprint density at radius 3 is 2.77 bits per heavy atom. The summed E-state index contributed by atoms with van der Waals surface area (Å²) < 4.78 is 19.8. The highest BCUT2D eigenvalue weighted by Crippen LogP contribution is 2.31. The maximum atomic E-state index is 13.5. The predicted octanol–water partition coefficient (Wildman–Crippen LogP) is 0.554. The van der Waals surface area contributed by atoms with E-state index in [9.17, 15) is 19.4 Å². The Bertz CT molecular complexity index is 566. The number of nitrogens with two attached hydrogens (primary N) is 1. The van der Waals surface area contributed by atoms with Gasteiger partial charge in [0.25, 0.3) is 0 Å². The van der Waals surface area contributed by atoms with Crippen LogP contribution in [-0.2, 0) is 4.74 Å². The highest BCUT2D eigenvalue weighted by Gasteiger charge is 2.43. The monoisotopic (exact) mass is 315 g/mol. The molecule has 4 atom stereocenters. The summed E-state index contributed by atoms with van der Waals surface area (Å²) in [5.41, 5.74) is 4.39. The summed E-state index contributed by atoms with van der Waals surface area (Å²) in [4.78, 5) is 15.1. The van der Waals surface area contributed by atoms with E-state index in [1.807, 2.05) is 0 Å². The van der Waals surface area contributed by atoms with Crippen molar-refractivity contribution in [2.24, 2.45) is 0 Å². The number of ether oxygens (including phenoxy) is 1. The molecule has 0 aliphatic carbocycles. The van der Waals surface area contributed by atoms with Gasteiger partial charge in [0.05, 0.1) is 12.3 Å². The molecule has 0 aromatic carbocycles. The van der Waals surface area contributed by atoms with Crippen LogP contribution in [0.25, 0.3) is 0 Å². The van der Waals surface area contributed by atoms with Crippen molar-refractivity contribution in [2.45, 2.75) is 63.6 Å². The Hall–Kier alpha value is -1.51. The normalized spacial score (nSPS) is 28.2. The van der Waals surface area contributed by atoms with Gasteiger partial charge in [-0.15, -0.1) is 0 Å². The Morgan fingerprint density at radius 1 is 1.36 bits per heavy atom. The number of hydrogen-bond acceptors (Lipinski definition) is 6. The van der Waals surface area contributed by atoms with Crippen LogP contribution in [0.5, 0.6) is 0 Å². The van der Waals surface area contributed by atoms with Gasteiger partial charge in [-0.2, -0.15) is 4.98 Å². The highest BCUT2D eigenvalue weighted by atomic mass is 19.1. The zero-order valence-electron chi connectivity index (χ0n) is 12.5. The van der Waals surface area contributed by atoms with Crippen LogP contribution < -0.4 is 11.4 Å². The van der Waals surface area contributed by atoms with E-state index in [1.54, 1.807) is 0 Å². The van der Waals surface area contributed by atoms with Gasteiger partial charge in [-0.1, -0.05) is 32.6 Å². The SMILES string of the molecule is CCCCCC[C@H]1O[C@@H](n2cc(F)c(N)nc2=O)[C@H](O)[C@@H]1O.